The van der Waals surface area contributed by atoms with Gasteiger partial charge in [-0.1, -0.05) is 44.5 Å². The van der Waals surface area contributed by atoms with E-state index in [4.69, 9.17) is 16.3 Å². The molecule has 3 nitrogen and oxygen atoms in total. The van der Waals surface area contributed by atoms with E-state index in [1.165, 1.54) is 17.3 Å². The number of carbonyl (C=O) groups is 1. The van der Waals surface area contributed by atoms with Gasteiger partial charge >= 0.3 is 0 Å². The molecule has 1 amide bonds. The van der Waals surface area contributed by atoms with Crippen molar-refractivity contribution < 1.29 is 9.53 Å². The molecule has 0 heterocycles. The highest BCUT2D eigenvalue weighted by atomic mass is 35.5. The number of halogens is 1. The highest BCUT2D eigenvalue weighted by Gasteiger charge is 2.14. The molecule has 0 bridgehead atoms. The standard InChI is InChI=1S/C20H24ClNO2S/c1-13-10-17(18(24-5)11-16(13)21)22-19(23)12-25-15-8-6-14(7-9-15)20(2,3)4/h6-11H,12H2,1-5H3,(H,22,23). The maximum atomic E-state index is 12.3. The fourth-order valence-electron chi connectivity index (χ4n) is 2.32. The number of hydrogen-bond donors (Lipinski definition) is 1. The van der Waals surface area contributed by atoms with E-state index in [0.29, 0.717) is 22.2 Å². The van der Waals surface area contributed by atoms with E-state index in [9.17, 15) is 4.79 Å². The fraction of sp³-hybridized carbons (Fsp3) is 0.350. The first-order valence-electron chi connectivity index (χ1n) is 8.08. The summed E-state index contributed by atoms with van der Waals surface area (Å²) >= 11 is 7.60. The van der Waals surface area contributed by atoms with Crippen LogP contribution in [0.3, 0.4) is 0 Å². The number of carbonyl (C=O) groups excluding carboxylic acids is 1. The molecule has 0 aliphatic carbocycles. The lowest BCUT2D eigenvalue weighted by Gasteiger charge is -2.19. The Morgan fingerprint density at radius 1 is 1.20 bits per heavy atom. The van der Waals surface area contributed by atoms with Crippen molar-refractivity contribution in [2.24, 2.45) is 0 Å². The van der Waals surface area contributed by atoms with E-state index < -0.39 is 0 Å². The van der Waals surface area contributed by atoms with Crippen molar-refractivity contribution in [3.05, 3.63) is 52.5 Å². The molecule has 0 unspecified atom stereocenters. The summed E-state index contributed by atoms with van der Waals surface area (Å²) < 4.78 is 5.28. The summed E-state index contributed by atoms with van der Waals surface area (Å²) in [5.74, 6) is 0.813. The Hall–Kier alpha value is -1.65. The van der Waals surface area contributed by atoms with Crippen LogP contribution in [0.5, 0.6) is 5.75 Å². The Morgan fingerprint density at radius 2 is 1.84 bits per heavy atom. The molecule has 0 saturated heterocycles. The maximum Gasteiger partial charge on any atom is 0.234 e. The molecule has 2 aromatic carbocycles. The molecule has 0 radical (unpaired) electrons. The SMILES string of the molecule is COc1cc(Cl)c(C)cc1NC(=O)CSc1ccc(C(C)(C)C)cc1. The summed E-state index contributed by atoms with van der Waals surface area (Å²) in [5.41, 5.74) is 2.94. The minimum absolute atomic E-state index is 0.0788. The molecule has 0 atom stereocenters. The Bertz CT molecular complexity index is 752. The molecule has 0 saturated carbocycles. The zero-order valence-corrected chi connectivity index (χ0v) is 16.8. The Morgan fingerprint density at radius 3 is 2.40 bits per heavy atom. The third-order valence-electron chi connectivity index (χ3n) is 3.85. The highest BCUT2D eigenvalue weighted by molar-refractivity contribution is 8.00. The van der Waals surface area contributed by atoms with Crippen LogP contribution in [0.25, 0.3) is 0 Å². The van der Waals surface area contributed by atoms with Crippen molar-refractivity contribution in [2.75, 3.05) is 18.2 Å². The average Bonchev–Trinajstić information content (AvgIpc) is 2.55. The summed E-state index contributed by atoms with van der Waals surface area (Å²) in [6.45, 7) is 8.45. The van der Waals surface area contributed by atoms with Crippen LogP contribution in [-0.2, 0) is 10.2 Å². The minimum atomic E-state index is -0.0788. The van der Waals surface area contributed by atoms with Crippen LogP contribution in [0.15, 0.2) is 41.3 Å². The lowest BCUT2D eigenvalue weighted by atomic mass is 9.87. The van der Waals surface area contributed by atoms with Gasteiger partial charge in [-0.2, -0.15) is 0 Å². The number of ether oxygens (including phenoxy) is 1. The zero-order valence-electron chi connectivity index (χ0n) is 15.3. The van der Waals surface area contributed by atoms with Gasteiger partial charge in [-0.25, -0.2) is 0 Å². The molecule has 2 rings (SSSR count). The molecule has 2 aromatic rings. The molecule has 5 heteroatoms. The van der Waals surface area contributed by atoms with Gasteiger partial charge in [0.2, 0.25) is 5.91 Å². The molecule has 25 heavy (non-hydrogen) atoms. The molecular weight excluding hydrogens is 354 g/mol. The van der Waals surface area contributed by atoms with Gasteiger partial charge in [-0.15, -0.1) is 11.8 Å². The van der Waals surface area contributed by atoms with Gasteiger partial charge in [0.15, 0.2) is 0 Å². The number of rotatable bonds is 5. The Labute approximate surface area is 159 Å². The van der Waals surface area contributed by atoms with Gasteiger partial charge in [0.1, 0.15) is 5.75 Å². The largest absolute Gasteiger partial charge is 0.495 e. The lowest BCUT2D eigenvalue weighted by Crippen LogP contribution is -2.15. The zero-order chi connectivity index (χ0) is 18.6. The summed E-state index contributed by atoms with van der Waals surface area (Å²) in [5, 5.41) is 3.51. The van der Waals surface area contributed by atoms with Gasteiger partial charge in [-0.05, 0) is 41.7 Å². The summed E-state index contributed by atoms with van der Waals surface area (Å²) in [6, 6.07) is 11.9. The first kappa shape index (κ1) is 19.7. The molecule has 1 N–H and O–H groups in total. The first-order chi connectivity index (χ1) is 11.7. The normalized spacial score (nSPS) is 11.3. The maximum absolute atomic E-state index is 12.3. The van der Waals surface area contributed by atoms with E-state index >= 15 is 0 Å². The van der Waals surface area contributed by atoms with Gasteiger partial charge in [0, 0.05) is 16.0 Å². The van der Waals surface area contributed by atoms with Crippen molar-refractivity contribution in [1.82, 2.24) is 0 Å². The van der Waals surface area contributed by atoms with Crippen LogP contribution >= 0.6 is 23.4 Å². The molecule has 0 fully saturated rings. The van der Waals surface area contributed by atoms with Gasteiger partial charge in [-0.3, -0.25) is 4.79 Å². The smallest absolute Gasteiger partial charge is 0.234 e. The van der Waals surface area contributed by atoms with Crippen molar-refractivity contribution in [3.8, 4) is 5.75 Å². The number of hydrogen-bond acceptors (Lipinski definition) is 3. The predicted molar refractivity (Wildman–Crippen MR) is 107 cm³/mol. The van der Waals surface area contributed by atoms with E-state index in [0.717, 1.165) is 10.5 Å². The second-order valence-corrected chi connectivity index (χ2v) is 8.37. The van der Waals surface area contributed by atoms with Crippen LogP contribution < -0.4 is 10.1 Å². The minimum Gasteiger partial charge on any atom is -0.495 e. The van der Waals surface area contributed by atoms with Crippen molar-refractivity contribution >= 4 is 35.0 Å². The fourth-order valence-corrected chi connectivity index (χ4v) is 3.17. The second kappa shape index (κ2) is 8.15. The van der Waals surface area contributed by atoms with Crippen LogP contribution in [0, 0.1) is 6.92 Å². The molecule has 0 spiro atoms. The molecule has 0 aliphatic heterocycles. The van der Waals surface area contributed by atoms with E-state index in [2.05, 4.69) is 50.4 Å². The predicted octanol–water partition coefficient (Wildman–Crippen LogP) is 5.69. The molecule has 0 aliphatic rings. The molecular formula is C20H24ClNO2S. The van der Waals surface area contributed by atoms with Crippen molar-refractivity contribution in [3.63, 3.8) is 0 Å². The van der Waals surface area contributed by atoms with Gasteiger partial charge in [0.05, 0.1) is 18.6 Å². The Balaban J connectivity index is 1.98. The number of nitrogens with one attached hydrogen (secondary N) is 1. The third-order valence-corrected chi connectivity index (χ3v) is 5.26. The number of thioether (sulfide) groups is 1. The average molecular weight is 378 g/mol. The van der Waals surface area contributed by atoms with E-state index in [1.807, 2.05) is 13.0 Å². The van der Waals surface area contributed by atoms with Gasteiger partial charge < -0.3 is 10.1 Å². The number of anilines is 1. The van der Waals surface area contributed by atoms with Crippen LogP contribution in [0.4, 0.5) is 5.69 Å². The third kappa shape index (κ3) is 5.41. The first-order valence-corrected chi connectivity index (χ1v) is 9.44. The van der Waals surface area contributed by atoms with Crippen LogP contribution in [-0.4, -0.2) is 18.8 Å². The van der Waals surface area contributed by atoms with Crippen molar-refractivity contribution in [1.29, 1.82) is 0 Å². The number of amides is 1. The van der Waals surface area contributed by atoms with Crippen LogP contribution in [0.1, 0.15) is 31.9 Å². The topological polar surface area (TPSA) is 38.3 Å². The molecule has 0 aromatic heterocycles. The van der Waals surface area contributed by atoms with Gasteiger partial charge in [0.25, 0.3) is 0 Å². The summed E-state index contributed by atoms with van der Waals surface area (Å²) in [7, 11) is 1.56. The van der Waals surface area contributed by atoms with E-state index in [1.54, 1.807) is 13.2 Å². The quantitative estimate of drug-likeness (QED) is 0.680. The summed E-state index contributed by atoms with van der Waals surface area (Å²) in [6.07, 6.45) is 0. The summed E-state index contributed by atoms with van der Waals surface area (Å²) in [4.78, 5) is 13.3. The highest BCUT2D eigenvalue weighted by Crippen LogP contribution is 2.31. The lowest BCUT2D eigenvalue weighted by molar-refractivity contribution is -0.113. The number of aryl methyl sites for hydroxylation is 1. The van der Waals surface area contributed by atoms with Crippen molar-refractivity contribution in [2.45, 2.75) is 38.0 Å². The number of methoxy groups -OCH3 is 1. The Kier molecular flexibility index (Phi) is 6.42. The van der Waals surface area contributed by atoms with E-state index in [-0.39, 0.29) is 11.3 Å². The number of benzene rings is 2. The monoisotopic (exact) mass is 377 g/mol. The molecule has 134 valence electrons. The second-order valence-electron chi connectivity index (χ2n) is 6.91. The van der Waals surface area contributed by atoms with Crippen LogP contribution in [0.2, 0.25) is 5.02 Å².